The van der Waals surface area contributed by atoms with Crippen LogP contribution in [0.5, 0.6) is 0 Å². The van der Waals surface area contributed by atoms with Gasteiger partial charge in [0.25, 0.3) is 0 Å². The molecule has 8 heteroatoms. The molecule has 2 aliphatic rings. The van der Waals surface area contributed by atoms with Crippen molar-refractivity contribution in [2.45, 2.75) is 50.7 Å². The first-order chi connectivity index (χ1) is 16.1. The van der Waals surface area contributed by atoms with Crippen LogP contribution in [0.3, 0.4) is 0 Å². The fourth-order valence-corrected chi connectivity index (χ4v) is 5.63. The Morgan fingerprint density at radius 3 is 3.03 bits per heavy atom. The zero-order valence-corrected chi connectivity index (χ0v) is 20.2. The first-order valence-corrected chi connectivity index (χ1v) is 12.9. The number of piperidine rings is 1. The van der Waals surface area contributed by atoms with Crippen molar-refractivity contribution in [1.29, 1.82) is 0 Å². The molecule has 1 aromatic carbocycles. The van der Waals surface area contributed by atoms with Crippen LogP contribution < -0.4 is 16.2 Å². The summed E-state index contributed by atoms with van der Waals surface area (Å²) in [4.78, 5) is 18.3. The number of nitrogens with zero attached hydrogens (tertiary/aromatic N) is 2. The molecule has 2 amide bonds. The summed E-state index contributed by atoms with van der Waals surface area (Å²) < 4.78 is 13.5. The van der Waals surface area contributed by atoms with Gasteiger partial charge in [0, 0.05) is 50.2 Å². The topological polar surface area (TPSA) is 59.6 Å². The molecule has 6 nitrogen and oxygen atoms in total. The van der Waals surface area contributed by atoms with Gasteiger partial charge < -0.3 is 10.2 Å². The molecule has 0 bridgehead atoms. The number of carbonyl (C=O) groups excluding carboxylic acids is 1. The lowest BCUT2D eigenvalue weighted by Gasteiger charge is -2.32. The van der Waals surface area contributed by atoms with Crippen LogP contribution in [-0.2, 0) is 6.54 Å². The Bertz CT molecular complexity index is 879. The number of urea groups is 1. The maximum atomic E-state index is 13.5. The summed E-state index contributed by atoms with van der Waals surface area (Å²) >= 11 is 1.81. The van der Waals surface area contributed by atoms with Gasteiger partial charge in [-0.2, -0.15) is 0 Å². The average Bonchev–Trinajstić information content (AvgIpc) is 3.50. The highest BCUT2D eigenvalue weighted by molar-refractivity contribution is 7.09. The number of hydrazine groups is 1. The number of rotatable bonds is 9. The minimum absolute atomic E-state index is 0.0144. The second-order valence-corrected chi connectivity index (χ2v) is 10.4. The summed E-state index contributed by atoms with van der Waals surface area (Å²) in [6.07, 6.45) is 5.19. The number of benzene rings is 1. The number of hydrogen-bond acceptors (Lipinski definition) is 5. The Kier molecular flexibility index (Phi) is 8.72. The van der Waals surface area contributed by atoms with E-state index in [9.17, 15) is 9.18 Å². The largest absolute Gasteiger partial charge is 0.338 e. The van der Waals surface area contributed by atoms with Crippen LogP contribution in [0.1, 0.15) is 48.6 Å². The highest BCUT2D eigenvalue weighted by Crippen LogP contribution is 2.24. The van der Waals surface area contributed by atoms with Crippen molar-refractivity contribution in [3.63, 3.8) is 0 Å². The number of thiophene rings is 1. The van der Waals surface area contributed by atoms with E-state index in [1.165, 1.54) is 23.8 Å². The van der Waals surface area contributed by atoms with E-state index in [4.69, 9.17) is 0 Å². The lowest BCUT2D eigenvalue weighted by molar-refractivity contribution is 0.162. The van der Waals surface area contributed by atoms with E-state index in [-0.39, 0.29) is 17.9 Å². The Balaban J connectivity index is 1.11. The van der Waals surface area contributed by atoms with Crippen LogP contribution in [-0.4, -0.2) is 55.1 Å². The van der Waals surface area contributed by atoms with E-state index < -0.39 is 0 Å². The Morgan fingerprint density at radius 2 is 2.21 bits per heavy atom. The first-order valence-electron chi connectivity index (χ1n) is 12.1. The van der Waals surface area contributed by atoms with Crippen LogP contribution in [0.15, 0.2) is 41.8 Å². The van der Waals surface area contributed by atoms with Gasteiger partial charge in [-0.05, 0) is 73.7 Å². The van der Waals surface area contributed by atoms with Gasteiger partial charge in [-0.15, -0.1) is 11.3 Å². The maximum Gasteiger partial charge on any atom is 0.317 e. The first kappa shape index (κ1) is 24.1. The molecule has 1 aromatic heterocycles. The second-order valence-electron chi connectivity index (χ2n) is 9.40. The minimum atomic E-state index is -0.200. The number of hydrogen-bond donors (Lipinski definition) is 3. The van der Waals surface area contributed by atoms with Crippen LogP contribution in [0, 0.1) is 11.7 Å². The summed E-state index contributed by atoms with van der Waals surface area (Å²) in [5.74, 6) is 0.318. The van der Waals surface area contributed by atoms with Crippen molar-refractivity contribution in [2.24, 2.45) is 5.92 Å². The standard InChI is InChI=1S/C25H36FN5OS/c1-30(11-4-9-22-15-24(29-28-22)20-7-2-8-21(26)14-20)25(32)27-16-19-6-3-12-31(17-19)18-23-10-5-13-33-23/h2,5,7-8,10,13-14,19,22,24,28-29H,3-4,6,9,11-12,15-18H2,1H3,(H,27,32). The van der Waals surface area contributed by atoms with Gasteiger partial charge in [0.15, 0.2) is 0 Å². The lowest BCUT2D eigenvalue weighted by atomic mass is 9.98. The van der Waals surface area contributed by atoms with Crippen molar-refractivity contribution in [3.8, 4) is 0 Å². The molecular formula is C25H36FN5OS. The molecule has 3 heterocycles. The molecule has 3 N–H and O–H groups in total. The molecule has 3 atom stereocenters. The zero-order valence-electron chi connectivity index (χ0n) is 19.4. The molecule has 3 unspecified atom stereocenters. The number of likely N-dealkylation sites (tertiary alicyclic amines) is 1. The normalized spacial score (nSPS) is 23.5. The summed E-state index contributed by atoms with van der Waals surface area (Å²) in [5, 5.41) is 5.28. The third-order valence-corrected chi connectivity index (χ3v) is 7.59. The van der Waals surface area contributed by atoms with Crippen LogP contribution in [0.25, 0.3) is 0 Å². The summed E-state index contributed by atoms with van der Waals surface area (Å²) in [5.41, 5.74) is 7.56. The summed E-state index contributed by atoms with van der Waals surface area (Å²) in [7, 11) is 1.87. The van der Waals surface area contributed by atoms with E-state index >= 15 is 0 Å². The quantitative estimate of drug-likeness (QED) is 0.513. The van der Waals surface area contributed by atoms with E-state index in [0.717, 1.165) is 57.5 Å². The summed E-state index contributed by atoms with van der Waals surface area (Å²) in [6, 6.07) is 11.5. The summed E-state index contributed by atoms with van der Waals surface area (Å²) in [6.45, 7) is 4.69. The van der Waals surface area contributed by atoms with E-state index in [2.05, 4.69) is 38.6 Å². The van der Waals surface area contributed by atoms with E-state index in [1.807, 2.05) is 24.5 Å². The Hall–Kier alpha value is -2.00. The SMILES string of the molecule is CN(CCCC1CC(c2cccc(F)c2)NN1)C(=O)NCC1CCCN(Cc2cccs2)C1. The van der Waals surface area contributed by atoms with Gasteiger partial charge in [0.1, 0.15) is 5.82 Å². The van der Waals surface area contributed by atoms with Crippen molar-refractivity contribution < 1.29 is 9.18 Å². The van der Waals surface area contributed by atoms with Gasteiger partial charge >= 0.3 is 6.03 Å². The molecule has 0 spiro atoms. The smallest absolute Gasteiger partial charge is 0.317 e. The number of carbonyl (C=O) groups is 1. The number of nitrogens with one attached hydrogen (secondary N) is 3. The molecule has 33 heavy (non-hydrogen) atoms. The molecular weight excluding hydrogens is 437 g/mol. The van der Waals surface area contributed by atoms with E-state index in [0.29, 0.717) is 12.0 Å². The fourth-order valence-electron chi connectivity index (χ4n) is 4.88. The van der Waals surface area contributed by atoms with Crippen LogP contribution in [0.2, 0.25) is 0 Å². The van der Waals surface area contributed by atoms with Gasteiger partial charge in [0.2, 0.25) is 0 Å². The molecule has 2 aromatic rings. The maximum absolute atomic E-state index is 13.5. The van der Waals surface area contributed by atoms with Gasteiger partial charge in [-0.25, -0.2) is 9.18 Å². The van der Waals surface area contributed by atoms with Crippen molar-refractivity contribution in [2.75, 3.05) is 33.2 Å². The average molecular weight is 474 g/mol. The lowest BCUT2D eigenvalue weighted by Crippen LogP contribution is -2.44. The Morgan fingerprint density at radius 1 is 1.30 bits per heavy atom. The van der Waals surface area contributed by atoms with Crippen LogP contribution in [0.4, 0.5) is 9.18 Å². The van der Waals surface area contributed by atoms with Gasteiger partial charge in [-0.1, -0.05) is 18.2 Å². The monoisotopic (exact) mass is 473 g/mol. The van der Waals surface area contributed by atoms with Gasteiger partial charge in [0.05, 0.1) is 0 Å². The molecule has 0 aliphatic carbocycles. The Labute approximate surface area is 200 Å². The molecule has 4 rings (SSSR count). The number of halogens is 1. The highest BCUT2D eigenvalue weighted by atomic mass is 32.1. The minimum Gasteiger partial charge on any atom is -0.338 e. The predicted molar refractivity (Wildman–Crippen MR) is 131 cm³/mol. The van der Waals surface area contributed by atoms with E-state index in [1.54, 1.807) is 17.0 Å². The third-order valence-electron chi connectivity index (χ3n) is 6.73. The molecule has 0 saturated carbocycles. The molecule has 2 saturated heterocycles. The van der Waals surface area contributed by atoms with Crippen molar-refractivity contribution in [1.82, 2.24) is 26.0 Å². The molecule has 2 aliphatic heterocycles. The van der Waals surface area contributed by atoms with Crippen molar-refractivity contribution in [3.05, 3.63) is 58.0 Å². The van der Waals surface area contributed by atoms with Crippen molar-refractivity contribution >= 4 is 17.4 Å². The fraction of sp³-hybridized carbons (Fsp3) is 0.560. The van der Waals surface area contributed by atoms with Crippen LogP contribution >= 0.6 is 11.3 Å². The number of amides is 2. The van der Waals surface area contributed by atoms with Gasteiger partial charge in [-0.3, -0.25) is 15.8 Å². The second kappa shape index (κ2) is 11.9. The zero-order chi connectivity index (χ0) is 23.0. The third kappa shape index (κ3) is 7.24. The molecule has 2 fully saturated rings. The molecule has 180 valence electrons. The highest BCUT2D eigenvalue weighted by Gasteiger charge is 2.25. The predicted octanol–water partition coefficient (Wildman–Crippen LogP) is 4.13. The molecule has 0 radical (unpaired) electrons.